The van der Waals surface area contributed by atoms with E-state index in [2.05, 4.69) is 119 Å². The van der Waals surface area contributed by atoms with Gasteiger partial charge in [-0.1, -0.05) is 75.4 Å². The minimum atomic E-state index is 0.146. The normalized spacial score (nSPS) is 11.8. The second kappa shape index (κ2) is 7.15. The maximum atomic E-state index is 2.36. The first kappa shape index (κ1) is 19.4. The molecule has 0 aliphatic heterocycles. The van der Waals surface area contributed by atoms with Crippen molar-refractivity contribution < 1.29 is 4.57 Å². The van der Waals surface area contributed by atoms with Crippen LogP contribution < -0.4 is 4.57 Å². The second-order valence-electron chi connectivity index (χ2n) is 9.14. The van der Waals surface area contributed by atoms with Crippen molar-refractivity contribution in [1.29, 1.82) is 0 Å². The zero-order valence-electron chi connectivity index (χ0n) is 18.4. The van der Waals surface area contributed by atoms with Gasteiger partial charge in [-0.3, -0.25) is 0 Å². The first-order valence-electron chi connectivity index (χ1n) is 10.4. The molecule has 4 aromatic rings. The molecule has 3 aromatic carbocycles. The van der Waals surface area contributed by atoms with Gasteiger partial charge >= 0.3 is 0 Å². The smallest absolute Gasteiger partial charge is 0.198 e. The van der Waals surface area contributed by atoms with E-state index in [-0.39, 0.29) is 5.41 Å². The van der Waals surface area contributed by atoms with Crippen LogP contribution in [0.25, 0.3) is 33.2 Å². The SMILES string of the molecule is Cc1cc(-c2ccccc2)ccc1-c1c2ccc(C(C)(C)C)cc2cc(C)[n+]1C. The van der Waals surface area contributed by atoms with Crippen molar-refractivity contribution in [2.75, 3.05) is 0 Å². The predicted molar refractivity (Wildman–Crippen MR) is 124 cm³/mol. The molecule has 0 bridgehead atoms. The highest BCUT2D eigenvalue weighted by Crippen LogP contribution is 2.33. The van der Waals surface area contributed by atoms with Crippen LogP contribution in [0.1, 0.15) is 37.6 Å². The number of fused-ring (bicyclic) bond motifs is 1. The molecule has 1 nitrogen and oxygen atoms in total. The van der Waals surface area contributed by atoms with Crippen LogP contribution >= 0.6 is 0 Å². The number of nitrogens with zero attached hydrogens (tertiary/aromatic N) is 1. The Balaban J connectivity index is 1.92. The Morgan fingerprint density at radius 1 is 0.724 bits per heavy atom. The lowest BCUT2D eigenvalue weighted by molar-refractivity contribution is -0.665. The molecule has 0 radical (unpaired) electrons. The summed E-state index contributed by atoms with van der Waals surface area (Å²) in [6.07, 6.45) is 0. The number of hydrogen-bond acceptors (Lipinski definition) is 0. The molecule has 29 heavy (non-hydrogen) atoms. The number of aromatic nitrogens is 1. The summed E-state index contributed by atoms with van der Waals surface area (Å²) >= 11 is 0. The molecule has 0 aliphatic carbocycles. The van der Waals surface area contributed by atoms with Gasteiger partial charge in [-0.05, 0) is 52.1 Å². The molecule has 0 N–H and O–H groups in total. The minimum Gasteiger partial charge on any atom is -0.198 e. The lowest BCUT2D eigenvalue weighted by Crippen LogP contribution is -2.35. The third-order valence-electron chi connectivity index (χ3n) is 5.99. The average molecular weight is 381 g/mol. The molecule has 4 rings (SSSR count). The van der Waals surface area contributed by atoms with Gasteiger partial charge in [-0.15, -0.1) is 0 Å². The first-order chi connectivity index (χ1) is 13.8. The van der Waals surface area contributed by atoms with Crippen molar-refractivity contribution in [1.82, 2.24) is 0 Å². The van der Waals surface area contributed by atoms with Crippen molar-refractivity contribution in [2.24, 2.45) is 7.05 Å². The second-order valence-corrected chi connectivity index (χ2v) is 9.14. The third-order valence-corrected chi connectivity index (χ3v) is 5.99. The number of hydrogen-bond donors (Lipinski definition) is 0. The van der Waals surface area contributed by atoms with E-state index in [0.717, 1.165) is 0 Å². The summed E-state index contributed by atoms with van der Waals surface area (Å²) in [6.45, 7) is 11.2. The maximum Gasteiger partial charge on any atom is 0.220 e. The van der Waals surface area contributed by atoms with Gasteiger partial charge in [0.15, 0.2) is 5.69 Å². The summed E-state index contributed by atoms with van der Waals surface area (Å²) in [5.41, 5.74) is 9.20. The van der Waals surface area contributed by atoms with Crippen LogP contribution in [-0.2, 0) is 12.5 Å². The van der Waals surface area contributed by atoms with Crippen molar-refractivity contribution in [2.45, 2.75) is 40.0 Å². The fourth-order valence-corrected chi connectivity index (χ4v) is 4.11. The Morgan fingerprint density at radius 2 is 1.45 bits per heavy atom. The highest BCUT2D eigenvalue weighted by molar-refractivity contribution is 5.94. The Kier molecular flexibility index (Phi) is 4.78. The standard InChI is InChI=1S/C28H30N/c1-19-16-22(21-10-8-7-9-11-21)12-14-25(19)27-26-15-13-24(28(3,4)5)18-23(26)17-20(2)29(27)6/h7-18H,1-6H3/q+1. The maximum absolute atomic E-state index is 2.36. The summed E-state index contributed by atoms with van der Waals surface area (Å²) < 4.78 is 2.32. The number of rotatable bonds is 2. The van der Waals surface area contributed by atoms with Crippen LogP contribution in [0.2, 0.25) is 0 Å². The molecule has 0 fully saturated rings. The van der Waals surface area contributed by atoms with E-state index >= 15 is 0 Å². The van der Waals surface area contributed by atoms with E-state index in [4.69, 9.17) is 0 Å². The summed E-state index contributed by atoms with van der Waals surface area (Å²) in [5.74, 6) is 0. The van der Waals surface area contributed by atoms with Crippen LogP contribution in [0, 0.1) is 13.8 Å². The molecular weight excluding hydrogens is 350 g/mol. The van der Waals surface area contributed by atoms with E-state index in [0.29, 0.717) is 0 Å². The van der Waals surface area contributed by atoms with E-state index in [1.165, 1.54) is 50.0 Å². The molecule has 0 atom stereocenters. The fourth-order valence-electron chi connectivity index (χ4n) is 4.11. The van der Waals surface area contributed by atoms with Crippen LogP contribution in [0.15, 0.2) is 72.8 Å². The van der Waals surface area contributed by atoms with Gasteiger partial charge < -0.3 is 0 Å². The zero-order valence-corrected chi connectivity index (χ0v) is 18.4. The molecule has 0 aliphatic rings. The van der Waals surface area contributed by atoms with Crippen LogP contribution in [0.5, 0.6) is 0 Å². The molecule has 146 valence electrons. The highest BCUT2D eigenvalue weighted by atomic mass is 14.9. The molecule has 0 spiro atoms. The monoisotopic (exact) mass is 380 g/mol. The zero-order chi connectivity index (χ0) is 20.8. The lowest BCUT2D eigenvalue weighted by Gasteiger charge is -2.20. The summed E-state index contributed by atoms with van der Waals surface area (Å²) in [4.78, 5) is 0. The Hall–Kier alpha value is -2.93. The largest absolute Gasteiger partial charge is 0.220 e. The predicted octanol–water partition coefficient (Wildman–Crippen LogP) is 6.91. The molecule has 0 saturated carbocycles. The molecular formula is C28H30N+. The minimum absolute atomic E-state index is 0.146. The Morgan fingerprint density at radius 3 is 2.10 bits per heavy atom. The number of aryl methyl sites for hydroxylation is 2. The number of benzene rings is 3. The average Bonchev–Trinajstić information content (AvgIpc) is 2.69. The van der Waals surface area contributed by atoms with Crippen molar-refractivity contribution in [3.8, 4) is 22.4 Å². The quantitative estimate of drug-likeness (QED) is 0.333. The van der Waals surface area contributed by atoms with Gasteiger partial charge in [-0.25, -0.2) is 0 Å². The lowest BCUT2D eigenvalue weighted by atomic mass is 9.85. The Labute approximate surface area is 174 Å². The summed E-state index contributed by atoms with van der Waals surface area (Å²) in [5, 5.41) is 2.62. The van der Waals surface area contributed by atoms with Gasteiger partial charge in [0.1, 0.15) is 7.05 Å². The van der Waals surface area contributed by atoms with Gasteiger partial charge in [0.25, 0.3) is 0 Å². The third kappa shape index (κ3) is 3.58. The molecule has 1 heteroatoms. The van der Waals surface area contributed by atoms with Gasteiger partial charge in [0, 0.05) is 18.6 Å². The summed E-state index contributed by atoms with van der Waals surface area (Å²) in [6, 6.07) is 26.7. The van der Waals surface area contributed by atoms with Crippen molar-refractivity contribution in [3.63, 3.8) is 0 Å². The van der Waals surface area contributed by atoms with Crippen molar-refractivity contribution >= 4 is 10.8 Å². The highest BCUT2D eigenvalue weighted by Gasteiger charge is 2.22. The first-order valence-corrected chi connectivity index (χ1v) is 10.4. The van der Waals surface area contributed by atoms with E-state index in [1.54, 1.807) is 0 Å². The topological polar surface area (TPSA) is 3.88 Å². The molecule has 1 aromatic heterocycles. The van der Waals surface area contributed by atoms with Gasteiger partial charge in [0.05, 0.1) is 5.39 Å². The number of pyridine rings is 1. The van der Waals surface area contributed by atoms with E-state index < -0.39 is 0 Å². The molecule has 0 saturated heterocycles. The van der Waals surface area contributed by atoms with E-state index in [1.807, 2.05) is 0 Å². The van der Waals surface area contributed by atoms with Crippen LogP contribution in [0.4, 0.5) is 0 Å². The van der Waals surface area contributed by atoms with Gasteiger partial charge in [0.2, 0.25) is 5.69 Å². The van der Waals surface area contributed by atoms with Crippen LogP contribution in [-0.4, -0.2) is 0 Å². The Bertz CT molecular complexity index is 1190. The molecule has 1 heterocycles. The van der Waals surface area contributed by atoms with E-state index in [9.17, 15) is 0 Å². The van der Waals surface area contributed by atoms with Crippen LogP contribution in [0.3, 0.4) is 0 Å². The molecule has 0 amide bonds. The van der Waals surface area contributed by atoms with Crippen molar-refractivity contribution in [3.05, 3.63) is 89.6 Å². The molecule has 0 unspecified atom stereocenters. The fraction of sp³-hybridized carbons (Fsp3) is 0.250. The summed E-state index contributed by atoms with van der Waals surface area (Å²) in [7, 11) is 2.17. The van der Waals surface area contributed by atoms with Gasteiger partial charge in [-0.2, -0.15) is 4.57 Å².